The highest BCUT2D eigenvalue weighted by atomic mass is 32.2. The first-order valence-electron chi connectivity index (χ1n) is 8.45. The molecule has 0 saturated heterocycles. The number of nitrogens with zero attached hydrogens (tertiary/aromatic N) is 2. The Balaban J connectivity index is 2.07. The van der Waals surface area contributed by atoms with Gasteiger partial charge in [0.1, 0.15) is 11.7 Å². The molecule has 28 heavy (non-hydrogen) atoms. The molecule has 1 aromatic carbocycles. The molecular formula is C19H22N4O4S. The molecule has 0 spiro atoms. The van der Waals surface area contributed by atoms with Gasteiger partial charge in [-0.15, -0.1) is 0 Å². The van der Waals surface area contributed by atoms with Crippen molar-refractivity contribution in [2.24, 2.45) is 5.84 Å². The summed E-state index contributed by atoms with van der Waals surface area (Å²) < 4.78 is 4.72. The number of para-hydroxylation sites is 1. The maximum Gasteiger partial charge on any atom is 0.328 e. The van der Waals surface area contributed by atoms with E-state index in [1.54, 1.807) is 36.0 Å². The van der Waals surface area contributed by atoms with Crippen molar-refractivity contribution < 1.29 is 19.1 Å². The summed E-state index contributed by atoms with van der Waals surface area (Å²) in [6.45, 7) is 0. The lowest BCUT2D eigenvalue weighted by atomic mass is 10.2. The molecule has 1 atom stereocenters. The second kappa shape index (κ2) is 10.4. The van der Waals surface area contributed by atoms with Crippen LogP contribution >= 0.6 is 11.8 Å². The van der Waals surface area contributed by atoms with Gasteiger partial charge in [0, 0.05) is 6.20 Å². The van der Waals surface area contributed by atoms with Crippen LogP contribution in [0.2, 0.25) is 0 Å². The normalized spacial score (nSPS) is 11.4. The summed E-state index contributed by atoms with van der Waals surface area (Å²) in [5.74, 6) is 5.04. The van der Waals surface area contributed by atoms with Crippen molar-refractivity contribution in [1.29, 1.82) is 0 Å². The molecule has 9 heteroatoms. The number of pyridine rings is 1. The van der Waals surface area contributed by atoms with Crippen LogP contribution in [0.3, 0.4) is 0 Å². The minimum absolute atomic E-state index is 0.0924. The van der Waals surface area contributed by atoms with Gasteiger partial charge in [-0.1, -0.05) is 18.2 Å². The van der Waals surface area contributed by atoms with Crippen LogP contribution in [-0.4, -0.2) is 47.9 Å². The standard InChI is InChI=1S/C19H22N4O4S/c1-27-19(26)16(10-11-28-2)22-17(24)13-8-9-15(21-12-13)18(25)23(20)14-6-4-3-5-7-14/h3-9,12,16H,10-11,20H2,1-2H3,(H,22,24). The monoisotopic (exact) mass is 402 g/mol. The lowest BCUT2D eigenvalue weighted by Gasteiger charge is -2.17. The number of nitrogens with two attached hydrogens (primary N) is 1. The first-order chi connectivity index (χ1) is 13.5. The van der Waals surface area contributed by atoms with Gasteiger partial charge in [-0.3, -0.25) is 14.6 Å². The molecule has 2 amide bonds. The second-order valence-corrected chi connectivity index (χ2v) is 6.76. The first kappa shape index (κ1) is 21.4. The van der Waals surface area contributed by atoms with Crippen LogP contribution in [0.5, 0.6) is 0 Å². The Hall–Kier alpha value is -2.91. The maximum atomic E-state index is 12.4. The van der Waals surface area contributed by atoms with E-state index in [2.05, 4.69) is 10.3 Å². The highest BCUT2D eigenvalue weighted by Gasteiger charge is 2.22. The number of aromatic nitrogens is 1. The van der Waals surface area contributed by atoms with Crippen LogP contribution in [0.1, 0.15) is 27.3 Å². The van der Waals surface area contributed by atoms with E-state index in [0.717, 1.165) is 5.01 Å². The van der Waals surface area contributed by atoms with Crippen LogP contribution in [0.25, 0.3) is 0 Å². The van der Waals surface area contributed by atoms with Gasteiger partial charge in [-0.05, 0) is 42.7 Å². The Morgan fingerprint density at radius 1 is 1.21 bits per heavy atom. The Bertz CT molecular complexity index is 814. The highest BCUT2D eigenvalue weighted by molar-refractivity contribution is 7.98. The molecule has 0 aliphatic rings. The van der Waals surface area contributed by atoms with Gasteiger partial charge in [0.05, 0.1) is 18.4 Å². The van der Waals surface area contributed by atoms with Gasteiger partial charge < -0.3 is 10.1 Å². The average molecular weight is 402 g/mol. The smallest absolute Gasteiger partial charge is 0.328 e. The molecule has 0 radical (unpaired) electrons. The summed E-state index contributed by atoms with van der Waals surface area (Å²) >= 11 is 1.56. The summed E-state index contributed by atoms with van der Waals surface area (Å²) in [5, 5.41) is 3.61. The van der Waals surface area contributed by atoms with Crippen molar-refractivity contribution in [3.05, 3.63) is 59.9 Å². The van der Waals surface area contributed by atoms with E-state index in [1.807, 2.05) is 12.3 Å². The molecular weight excluding hydrogens is 380 g/mol. The van der Waals surface area contributed by atoms with Gasteiger partial charge >= 0.3 is 5.97 Å². The Morgan fingerprint density at radius 3 is 2.50 bits per heavy atom. The van der Waals surface area contributed by atoms with Crippen molar-refractivity contribution in [3.63, 3.8) is 0 Å². The molecule has 2 rings (SSSR count). The summed E-state index contributed by atoms with van der Waals surface area (Å²) in [6.07, 6.45) is 3.62. The van der Waals surface area contributed by atoms with E-state index in [1.165, 1.54) is 25.4 Å². The fourth-order valence-electron chi connectivity index (χ4n) is 2.35. The van der Waals surface area contributed by atoms with Crippen LogP contribution in [0.15, 0.2) is 48.7 Å². The molecule has 0 aliphatic heterocycles. The van der Waals surface area contributed by atoms with Gasteiger partial charge in [-0.2, -0.15) is 11.8 Å². The predicted molar refractivity (Wildman–Crippen MR) is 108 cm³/mol. The number of carbonyl (C=O) groups excluding carboxylic acids is 3. The molecule has 3 N–H and O–H groups in total. The number of hydrogen-bond donors (Lipinski definition) is 2. The summed E-state index contributed by atoms with van der Waals surface area (Å²) in [7, 11) is 1.27. The number of amides is 2. The molecule has 2 aromatic rings. The average Bonchev–Trinajstić information content (AvgIpc) is 2.75. The van der Waals surface area contributed by atoms with Crippen LogP contribution in [0.4, 0.5) is 5.69 Å². The van der Waals surface area contributed by atoms with Crippen molar-refractivity contribution >= 4 is 35.2 Å². The largest absolute Gasteiger partial charge is 0.467 e. The zero-order chi connectivity index (χ0) is 20.5. The van der Waals surface area contributed by atoms with Crippen molar-refractivity contribution in [2.75, 3.05) is 24.1 Å². The molecule has 0 bridgehead atoms. The van der Waals surface area contributed by atoms with Gasteiger partial charge in [-0.25, -0.2) is 15.6 Å². The topological polar surface area (TPSA) is 115 Å². The van der Waals surface area contributed by atoms with Crippen LogP contribution < -0.4 is 16.2 Å². The zero-order valence-corrected chi connectivity index (χ0v) is 16.4. The number of anilines is 1. The highest BCUT2D eigenvalue weighted by Crippen LogP contribution is 2.13. The minimum atomic E-state index is -0.746. The van der Waals surface area contributed by atoms with E-state index in [0.29, 0.717) is 17.9 Å². The Kier molecular flexibility index (Phi) is 7.97. The molecule has 1 aromatic heterocycles. The third-order valence-electron chi connectivity index (χ3n) is 3.90. The number of hydrogen-bond acceptors (Lipinski definition) is 7. The first-order valence-corrected chi connectivity index (χ1v) is 9.85. The van der Waals surface area contributed by atoms with Crippen molar-refractivity contribution in [3.8, 4) is 0 Å². The minimum Gasteiger partial charge on any atom is -0.467 e. The number of esters is 1. The number of ether oxygens (including phenoxy) is 1. The lowest BCUT2D eigenvalue weighted by Crippen LogP contribution is -2.42. The van der Waals surface area contributed by atoms with E-state index in [4.69, 9.17) is 10.6 Å². The molecule has 1 heterocycles. The number of thioether (sulfide) groups is 1. The number of hydrazine groups is 1. The summed E-state index contributed by atoms with van der Waals surface area (Å²) in [4.78, 5) is 40.7. The maximum absolute atomic E-state index is 12.4. The zero-order valence-electron chi connectivity index (χ0n) is 15.6. The summed E-state index contributed by atoms with van der Waals surface area (Å²) in [5.41, 5.74) is 0.832. The van der Waals surface area contributed by atoms with Gasteiger partial charge in [0.25, 0.3) is 11.8 Å². The molecule has 1 unspecified atom stereocenters. The van der Waals surface area contributed by atoms with E-state index < -0.39 is 23.8 Å². The Morgan fingerprint density at radius 2 is 1.93 bits per heavy atom. The van der Waals surface area contributed by atoms with E-state index >= 15 is 0 Å². The quantitative estimate of drug-likeness (QED) is 0.298. The fourth-order valence-corrected chi connectivity index (χ4v) is 2.82. The third kappa shape index (κ3) is 5.54. The molecule has 0 fully saturated rings. The van der Waals surface area contributed by atoms with Crippen LogP contribution in [0, 0.1) is 0 Å². The van der Waals surface area contributed by atoms with Crippen molar-refractivity contribution in [2.45, 2.75) is 12.5 Å². The molecule has 8 nitrogen and oxygen atoms in total. The second-order valence-electron chi connectivity index (χ2n) is 5.77. The SMILES string of the molecule is COC(=O)C(CCSC)NC(=O)c1ccc(C(=O)N(N)c2ccccc2)nc1. The van der Waals surface area contributed by atoms with E-state index in [-0.39, 0.29) is 11.3 Å². The summed E-state index contributed by atoms with van der Waals surface area (Å²) in [6, 6.07) is 10.9. The van der Waals surface area contributed by atoms with Gasteiger partial charge in [0.15, 0.2) is 0 Å². The number of methoxy groups -OCH3 is 1. The number of benzene rings is 1. The fraction of sp³-hybridized carbons (Fsp3) is 0.263. The van der Waals surface area contributed by atoms with Gasteiger partial charge in [0.2, 0.25) is 0 Å². The molecule has 148 valence electrons. The number of nitrogens with one attached hydrogen (secondary N) is 1. The Labute approximate surface area is 167 Å². The number of rotatable bonds is 8. The predicted octanol–water partition coefficient (Wildman–Crippen LogP) is 1.63. The molecule has 0 aliphatic carbocycles. The van der Waals surface area contributed by atoms with E-state index in [9.17, 15) is 14.4 Å². The lowest BCUT2D eigenvalue weighted by molar-refractivity contribution is -0.142. The third-order valence-corrected chi connectivity index (χ3v) is 4.54. The molecule has 0 saturated carbocycles. The van der Waals surface area contributed by atoms with Crippen molar-refractivity contribution in [1.82, 2.24) is 10.3 Å². The number of carbonyl (C=O) groups is 3. The van der Waals surface area contributed by atoms with Crippen LogP contribution in [-0.2, 0) is 9.53 Å².